The first-order valence-corrected chi connectivity index (χ1v) is 14.1. The number of carbonyl (C=O) groups is 1. The van der Waals surface area contributed by atoms with Gasteiger partial charge in [0.05, 0.1) is 36.9 Å². The van der Waals surface area contributed by atoms with Crippen LogP contribution < -0.4 is 14.4 Å². The molecule has 0 bridgehead atoms. The molecule has 1 amide bonds. The summed E-state index contributed by atoms with van der Waals surface area (Å²) >= 11 is 0. The van der Waals surface area contributed by atoms with Crippen LogP contribution in [0.4, 0.5) is 16.2 Å². The lowest BCUT2D eigenvalue weighted by Crippen LogP contribution is -2.43. The fraction of sp³-hybridized carbons (Fsp3) is 0.484. The van der Waals surface area contributed by atoms with E-state index in [1.165, 1.54) is 0 Å². The van der Waals surface area contributed by atoms with E-state index in [0.29, 0.717) is 19.0 Å². The Morgan fingerprint density at radius 1 is 1.00 bits per heavy atom. The third kappa shape index (κ3) is 6.81. The average Bonchev–Trinajstić information content (AvgIpc) is 3.40. The van der Waals surface area contributed by atoms with Gasteiger partial charge in [-0.05, 0) is 57.7 Å². The van der Waals surface area contributed by atoms with Crippen molar-refractivity contribution < 1.29 is 19.0 Å². The van der Waals surface area contributed by atoms with Crippen LogP contribution in [0.2, 0.25) is 0 Å². The number of hydrogen-bond acceptors (Lipinski definition) is 9. The summed E-state index contributed by atoms with van der Waals surface area (Å²) in [5, 5.41) is 6.28. The molecule has 1 atom stereocenters. The van der Waals surface area contributed by atoms with Crippen molar-refractivity contribution in [1.82, 2.24) is 19.9 Å². The van der Waals surface area contributed by atoms with Gasteiger partial charge in [0.2, 0.25) is 0 Å². The molecule has 3 heterocycles. The Hall–Kier alpha value is -4.08. The SMILES string of the molecule is COc1cc(OC)cc(N(CC2CCN(C(=O)OC(C)(C)C)CC2)c2ccc3ncc(C4C=NN(C)C4)nc3c2)c1. The number of likely N-dealkylation sites (tertiary alicyclic amines) is 1. The van der Waals surface area contributed by atoms with Gasteiger partial charge in [0.1, 0.15) is 17.1 Å². The number of nitrogens with zero attached hydrogens (tertiary/aromatic N) is 6. The molecule has 0 aliphatic carbocycles. The maximum atomic E-state index is 12.6. The minimum atomic E-state index is -0.504. The van der Waals surface area contributed by atoms with Gasteiger partial charge in [-0.2, -0.15) is 5.10 Å². The lowest BCUT2D eigenvalue weighted by atomic mass is 9.95. The fourth-order valence-electron chi connectivity index (χ4n) is 5.29. The highest BCUT2D eigenvalue weighted by Crippen LogP contribution is 2.36. The van der Waals surface area contributed by atoms with Gasteiger partial charge in [0.15, 0.2) is 0 Å². The standard InChI is InChI=1S/C31H40N6O4/c1-31(2,3)41-30(38)36-11-9-21(10-12-36)19-37(24-13-25(39-5)16-26(14-24)40-6)23-7-8-27-28(15-23)34-29(18-32-27)22-17-33-35(4)20-22/h7-8,13-18,21-22H,9-12,19-20H2,1-6H3. The van der Waals surface area contributed by atoms with Gasteiger partial charge in [0, 0.05) is 75.2 Å². The molecule has 0 saturated carbocycles. The number of methoxy groups -OCH3 is 2. The van der Waals surface area contributed by atoms with Gasteiger partial charge in [0.25, 0.3) is 0 Å². The molecule has 1 fully saturated rings. The summed E-state index contributed by atoms with van der Waals surface area (Å²) in [6.07, 6.45) is 5.29. The summed E-state index contributed by atoms with van der Waals surface area (Å²) in [6.45, 7) is 8.57. The molecule has 1 aromatic heterocycles. The summed E-state index contributed by atoms with van der Waals surface area (Å²) in [4.78, 5) is 26.4. The van der Waals surface area contributed by atoms with Crippen molar-refractivity contribution in [2.24, 2.45) is 11.0 Å². The zero-order chi connectivity index (χ0) is 29.1. The van der Waals surface area contributed by atoms with E-state index < -0.39 is 5.60 Å². The summed E-state index contributed by atoms with van der Waals surface area (Å²) in [6, 6.07) is 12.1. The van der Waals surface area contributed by atoms with Crippen LogP contribution in [0.5, 0.6) is 11.5 Å². The van der Waals surface area contributed by atoms with Gasteiger partial charge in [-0.15, -0.1) is 0 Å². The van der Waals surface area contributed by atoms with Crippen molar-refractivity contribution >= 4 is 34.7 Å². The van der Waals surface area contributed by atoms with Crippen molar-refractivity contribution in [3.8, 4) is 11.5 Å². The maximum absolute atomic E-state index is 12.6. The fourth-order valence-corrected chi connectivity index (χ4v) is 5.29. The molecule has 2 aliphatic heterocycles. The number of amides is 1. The van der Waals surface area contributed by atoms with Crippen LogP contribution in [0.25, 0.3) is 11.0 Å². The molecule has 1 unspecified atom stereocenters. The van der Waals surface area contributed by atoms with Crippen LogP contribution in [-0.2, 0) is 4.74 Å². The minimum Gasteiger partial charge on any atom is -0.497 e. The molecule has 1 saturated heterocycles. The summed E-state index contributed by atoms with van der Waals surface area (Å²) in [7, 11) is 5.28. The zero-order valence-corrected chi connectivity index (χ0v) is 24.8. The highest BCUT2D eigenvalue weighted by atomic mass is 16.6. The molecular formula is C31H40N6O4. The third-order valence-corrected chi connectivity index (χ3v) is 7.50. The predicted octanol–water partition coefficient (Wildman–Crippen LogP) is 5.45. The zero-order valence-electron chi connectivity index (χ0n) is 24.8. The van der Waals surface area contributed by atoms with Gasteiger partial charge in [-0.3, -0.25) is 9.99 Å². The Morgan fingerprint density at radius 2 is 1.71 bits per heavy atom. The van der Waals surface area contributed by atoms with Crippen LogP contribution in [0.3, 0.4) is 0 Å². The average molecular weight is 561 g/mol. The number of aromatic nitrogens is 2. The number of likely N-dealkylation sites (N-methyl/N-ethyl adjacent to an activating group) is 1. The molecule has 2 aromatic carbocycles. The Labute approximate surface area is 241 Å². The Bertz CT molecular complexity index is 1390. The van der Waals surface area contributed by atoms with Crippen molar-refractivity contribution in [3.63, 3.8) is 0 Å². The molecule has 0 N–H and O–H groups in total. The highest BCUT2D eigenvalue weighted by molar-refractivity contribution is 5.82. The number of carbonyl (C=O) groups excluding carboxylic acids is 1. The number of hydrogen-bond donors (Lipinski definition) is 0. The summed E-state index contributed by atoms with van der Waals surface area (Å²) < 4.78 is 16.8. The van der Waals surface area contributed by atoms with Gasteiger partial charge in [-0.1, -0.05) is 0 Å². The smallest absolute Gasteiger partial charge is 0.410 e. The lowest BCUT2D eigenvalue weighted by Gasteiger charge is -2.36. The van der Waals surface area contributed by atoms with E-state index in [9.17, 15) is 4.79 Å². The number of benzene rings is 2. The van der Waals surface area contributed by atoms with Crippen molar-refractivity contribution in [3.05, 3.63) is 48.3 Å². The molecule has 218 valence electrons. The van der Waals surface area contributed by atoms with E-state index in [1.54, 1.807) is 14.2 Å². The van der Waals surface area contributed by atoms with E-state index in [0.717, 1.165) is 65.5 Å². The molecule has 0 spiro atoms. The first kappa shape index (κ1) is 28.4. The quantitative estimate of drug-likeness (QED) is 0.377. The number of hydrazone groups is 1. The van der Waals surface area contributed by atoms with Crippen LogP contribution in [-0.4, -0.2) is 85.2 Å². The minimum absolute atomic E-state index is 0.120. The number of ether oxygens (including phenoxy) is 3. The van der Waals surface area contributed by atoms with Crippen LogP contribution in [0, 0.1) is 5.92 Å². The largest absolute Gasteiger partial charge is 0.497 e. The molecule has 41 heavy (non-hydrogen) atoms. The van der Waals surface area contributed by atoms with E-state index in [4.69, 9.17) is 24.2 Å². The molecule has 0 radical (unpaired) electrons. The Balaban J connectivity index is 1.43. The van der Waals surface area contributed by atoms with Crippen LogP contribution in [0.1, 0.15) is 45.2 Å². The number of piperidine rings is 1. The number of rotatable bonds is 7. The maximum Gasteiger partial charge on any atom is 0.410 e. The first-order valence-electron chi connectivity index (χ1n) is 14.1. The molecule has 10 nitrogen and oxygen atoms in total. The molecule has 10 heteroatoms. The summed E-state index contributed by atoms with van der Waals surface area (Å²) in [5.41, 5.74) is 4.05. The van der Waals surface area contributed by atoms with Crippen molar-refractivity contribution in [1.29, 1.82) is 0 Å². The Kier molecular flexibility index (Phi) is 8.19. The topological polar surface area (TPSA) is 92.6 Å². The molecule has 2 aliphatic rings. The summed E-state index contributed by atoms with van der Waals surface area (Å²) in [5.74, 6) is 1.92. The monoisotopic (exact) mass is 560 g/mol. The van der Waals surface area contributed by atoms with Crippen LogP contribution in [0.15, 0.2) is 47.7 Å². The lowest BCUT2D eigenvalue weighted by molar-refractivity contribution is 0.0187. The van der Waals surface area contributed by atoms with Gasteiger partial charge >= 0.3 is 6.09 Å². The van der Waals surface area contributed by atoms with Crippen molar-refractivity contribution in [2.75, 3.05) is 52.3 Å². The Morgan fingerprint density at radius 3 is 2.32 bits per heavy atom. The van der Waals surface area contributed by atoms with Gasteiger partial charge < -0.3 is 24.0 Å². The third-order valence-electron chi connectivity index (χ3n) is 7.50. The van der Waals surface area contributed by atoms with E-state index in [-0.39, 0.29) is 12.0 Å². The van der Waals surface area contributed by atoms with Crippen LogP contribution >= 0.6 is 0 Å². The second-order valence-electron chi connectivity index (χ2n) is 11.8. The van der Waals surface area contributed by atoms with E-state index in [1.807, 2.05) is 74.4 Å². The highest BCUT2D eigenvalue weighted by Gasteiger charge is 2.29. The van der Waals surface area contributed by atoms with Gasteiger partial charge in [-0.25, -0.2) is 9.78 Å². The second kappa shape index (κ2) is 11.8. The molecule has 5 rings (SSSR count). The number of fused-ring (bicyclic) bond motifs is 1. The van der Waals surface area contributed by atoms with E-state index in [2.05, 4.69) is 22.1 Å². The van der Waals surface area contributed by atoms with E-state index >= 15 is 0 Å². The normalized spacial score (nSPS) is 17.7. The number of anilines is 2. The molecule has 3 aromatic rings. The predicted molar refractivity (Wildman–Crippen MR) is 160 cm³/mol. The first-order chi connectivity index (χ1) is 19.6. The van der Waals surface area contributed by atoms with Crippen molar-refractivity contribution in [2.45, 2.75) is 45.1 Å². The second-order valence-corrected chi connectivity index (χ2v) is 11.8. The molecular weight excluding hydrogens is 520 g/mol.